The van der Waals surface area contributed by atoms with Crippen LogP contribution < -0.4 is 10.9 Å². The minimum atomic E-state index is -0.360. The second kappa shape index (κ2) is 7.84. The summed E-state index contributed by atoms with van der Waals surface area (Å²) in [7, 11) is 0. The van der Waals surface area contributed by atoms with Gasteiger partial charge in [0.1, 0.15) is 18.3 Å². The summed E-state index contributed by atoms with van der Waals surface area (Å²) in [6.45, 7) is 3.68. The van der Waals surface area contributed by atoms with Crippen molar-refractivity contribution in [2.45, 2.75) is 25.5 Å². The lowest BCUT2D eigenvalue weighted by atomic mass is 10.2. The Labute approximate surface area is 158 Å². The first-order chi connectivity index (χ1) is 12.5. The second-order valence-corrected chi connectivity index (χ2v) is 7.18. The minimum absolute atomic E-state index is 0.167. The molecule has 0 atom stereocenters. The average molecular weight is 390 g/mol. The number of carbonyl (C=O) groups excluding carboxylic acids is 1. The van der Waals surface area contributed by atoms with Gasteiger partial charge in [0.05, 0.1) is 0 Å². The van der Waals surface area contributed by atoms with Crippen LogP contribution in [0.1, 0.15) is 12.5 Å². The molecule has 0 aliphatic heterocycles. The summed E-state index contributed by atoms with van der Waals surface area (Å²) in [5.74, 6) is 0.476. The lowest BCUT2D eigenvalue weighted by Gasteiger charge is -2.10. The Morgan fingerprint density at radius 3 is 2.92 bits per heavy atom. The van der Waals surface area contributed by atoms with Crippen LogP contribution in [0.3, 0.4) is 0 Å². The summed E-state index contributed by atoms with van der Waals surface area (Å²) in [6.07, 6.45) is 2.77. The normalized spacial score (nSPS) is 10.9. The lowest BCUT2D eigenvalue weighted by molar-refractivity contribution is -0.116. The van der Waals surface area contributed by atoms with Gasteiger partial charge in [-0.3, -0.25) is 14.2 Å². The van der Waals surface area contributed by atoms with Crippen LogP contribution in [0.4, 0.5) is 5.69 Å². The number of benzene rings is 1. The number of amides is 1. The van der Waals surface area contributed by atoms with Crippen molar-refractivity contribution in [2.75, 3.05) is 11.1 Å². The van der Waals surface area contributed by atoms with E-state index in [0.29, 0.717) is 21.5 Å². The highest BCUT2D eigenvalue weighted by molar-refractivity contribution is 7.99. The summed E-state index contributed by atoms with van der Waals surface area (Å²) < 4.78 is 1.23. The number of thioether (sulfide) groups is 1. The molecule has 0 radical (unpaired) electrons. The molecule has 134 valence electrons. The van der Waals surface area contributed by atoms with E-state index in [1.54, 1.807) is 12.1 Å². The Hall–Kier alpha value is -2.45. The average Bonchev–Trinajstić information content (AvgIpc) is 2.61. The van der Waals surface area contributed by atoms with E-state index in [9.17, 15) is 9.59 Å². The van der Waals surface area contributed by atoms with Crippen LogP contribution in [0.2, 0.25) is 5.02 Å². The van der Waals surface area contributed by atoms with E-state index in [-0.39, 0.29) is 23.4 Å². The molecule has 7 nitrogen and oxygen atoms in total. The number of hydrogen-bond donors (Lipinski definition) is 1. The quantitative estimate of drug-likeness (QED) is 0.533. The molecule has 0 bridgehead atoms. The first-order valence-corrected chi connectivity index (χ1v) is 9.25. The van der Waals surface area contributed by atoms with E-state index in [1.165, 1.54) is 28.9 Å². The number of hydrogen-bond acceptors (Lipinski definition) is 6. The maximum absolute atomic E-state index is 12.5. The monoisotopic (exact) mass is 389 g/mol. The van der Waals surface area contributed by atoms with Gasteiger partial charge < -0.3 is 5.32 Å². The van der Waals surface area contributed by atoms with Gasteiger partial charge in [0.15, 0.2) is 10.8 Å². The van der Waals surface area contributed by atoms with E-state index in [0.717, 1.165) is 11.3 Å². The molecule has 3 rings (SSSR count). The van der Waals surface area contributed by atoms with Crippen LogP contribution in [-0.2, 0) is 11.3 Å². The molecule has 0 aliphatic carbocycles. The van der Waals surface area contributed by atoms with Gasteiger partial charge in [0.2, 0.25) is 5.91 Å². The van der Waals surface area contributed by atoms with Crippen LogP contribution in [0.5, 0.6) is 0 Å². The van der Waals surface area contributed by atoms with E-state index < -0.39 is 0 Å². The van der Waals surface area contributed by atoms with Gasteiger partial charge in [-0.15, -0.1) is 0 Å². The molecular formula is C17H16ClN5O2S. The number of rotatable bonds is 5. The van der Waals surface area contributed by atoms with E-state index in [4.69, 9.17) is 11.6 Å². The summed E-state index contributed by atoms with van der Waals surface area (Å²) >= 11 is 7.42. The Morgan fingerprint density at radius 1 is 1.35 bits per heavy atom. The van der Waals surface area contributed by atoms with Crippen molar-refractivity contribution in [1.29, 1.82) is 0 Å². The van der Waals surface area contributed by atoms with Crippen molar-refractivity contribution < 1.29 is 4.79 Å². The van der Waals surface area contributed by atoms with Crippen molar-refractivity contribution in [3.05, 3.63) is 51.7 Å². The molecule has 0 fully saturated rings. The zero-order valence-electron chi connectivity index (χ0n) is 14.2. The van der Waals surface area contributed by atoms with E-state index >= 15 is 0 Å². The van der Waals surface area contributed by atoms with Gasteiger partial charge in [0.25, 0.3) is 5.56 Å². The van der Waals surface area contributed by atoms with Gasteiger partial charge in [-0.2, -0.15) is 0 Å². The molecule has 0 aliphatic rings. The minimum Gasteiger partial charge on any atom is -0.324 e. The molecule has 2 heterocycles. The molecule has 2 aromatic heterocycles. The van der Waals surface area contributed by atoms with E-state index in [1.807, 2.05) is 19.9 Å². The molecule has 1 aromatic carbocycles. The highest BCUT2D eigenvalue weighted by atomic mass is 35.5. The number of carbonyl (C=O) groups is 1. The highest BCUT2D eigenvalue weighted by Gasteiger charge is 2.11. The maximum Gasteiger partial charge on any atom is 0.264 e. The molecular weight excluding hydrogens is 374 g/mol. The predicted octanol–water partition coefficient (Wildman–Crippen LogP) is 2.90. The van der Waals surface area contributed by atoms with Crippen molar-refractivity contribution in [1.82, 2.24) is 19.5 Å². The first kappa shape index (κ1) is 18.3. The van der Waals surface area contributed by atoms with Crippen LogP contribution in [0, 0.1) is 6.92 Å². The largest absolute Gasteiger partial charge is 0.324 e. The molecule has 26 heavy (non-hydrogen) atoms. The van der Waals surface area contributed by atoms with Crippen molar-refractivity contribution >= 4 is 46.0 Å². The molecule has 3 aromatic rings. The summed E-state index contributed by atoms with van der Waals surface area (Å²) in [5.41, 5.74) is 1.44. The van der Waals surface area contributed by atoms with Crippen molar-refractivity contribution in [3.63, 3.8) is 0 Å². The molecule has 0 saturated heterocycles. The van der Waals surface area contributed by atoms with E-state index in [2.05, 4.69) is 20.3 Å². The predicted molar refractivity (Wildman–Crippen MR) is 103 cm³/mol. The van der Waals surface area contributed by atoms with Gasteiger partial charge in [-0.05, 0) is 30.4 Å². The topological polar surface area (TPSA) is 89.8 Å². The van der Waals surface area contributed by atoms with Crippen molar-refractivity contribution in [3.8, 4) is 0 Å². The van der Waals surface area contributed by atoms with Gasteiger partial charge >= 0.3 is 0 Å². The number of halogens is 1. The Balaban J connectivity index is 1.83. The van der Waals surface area contributed by atoms with Crippen LogP contribution in [0.15, 0.2) is 40.7 Å². The van der Waals surface area contributed by atoms with Crippen molar-refractivity contribution in [2.24, 2.45) is 0 Å². The number of nitrogens with zero attached hydrogens (tertiary/aromatic N) is 4. The number of anilines is 1. The number of aromatic nitrogens is 4. The molecule has 1 amide bonds. The smallest absolute Gasteiger partial charge is 0.264 e. The molecule has 9 heteroatoms. The third kappa shape index (κ3) is 4.03. The molecule has 1 N–H and O–H groups in total. The molecule has 0 unspecified atom stereocenters. The van der Waals surface area contributed by atoms with Gasteiger partial charge in [-0.25, -0.2) is 15.0 Å². The third-order valence-electron chi connectivity index (χ3n) is 3.62. The lowest BCUT2D eigenvalue weighted by Crippen LogP contribution is -2.28. The first-order valence-electron chi connectivity index (χ1n) is 7.89. The maximum atomic E-state index is 12.5. The Kier molecular flexibility index (Phi) is 5.53. The summed E-state index contributed by atoms with van der Waals surface area (Å²) in [5, 5.41) is 4.12. The fourth-order valence-corrected chi connectivity index (χ4v) is 3.03. The van der Waals surface area contributed by atoms with Crippen LogP contribution in [-0.4, -0.2) is 31.2 Å². The Bertz CT molecular complexity index is 1040. The zero-order valence-corrected chi connectivity index (χ0v) is 15.8. The number of nitrogens with one attached hydrogen (secondary N) is 1. The number of fused-ring (bicyclic) bond motifs is 1. The van der Waals surface area contributed by atoms with Gasteiger partial charge in [0, 0.05) is 16.9 Å². The summed E-state index contributed by atoms with van der Waals surface area (Å²) in [6, 6.07) is 5.22. The van der Waals surface area contributed by atoms with Gasteiger partial charge in [-0.1, -0.05) is 36.4 Å². The molecule has 0 spiro atoms. The SMILES string of the molecule is CCSc1ncc2c(=O)n(CC(=O)Nc3cc(Cl)ccc3C)cnc2n1. The molecule has 0 saturated carbocycles. The Morgan fingerprint density at radius 2 is 2.15 bits per heavy atom. The second-order valence-electron chi connectivity index (χ2n) is 5.51. The highest BCUT2D eigenvalue weighted by Crippen LogP contribution is 2.20. The third-order valence-corrected chi connectivity index (χ3v) is 4.60. The fraction of sp³-hybridized carbons (Fsp3) is 0.235. The fourth-order valence-electron chi connectivity index (χ4n) is 2.32. The summed E-state index contributed by atoms with van der Waals surface area (Å²) in [4.78, 5) is 37.4. The standard InChI is InChI=1S/C17H16ClN5O2S/c1-3-26-17-19-7-12-15(22-17)20-9-23(16(12)25)8-14(24)21-13-6-11(18)5-4-10(13)2/h4-7,9H,3,8H2,1-2H3,(H,21,24). The van der Waals surface area contributed by atoms with Crippen LogP contribution in [0.25, 0.3) is 11.0 Å². The zero-order chi connectivity index (χ0) is 18.7. The number of aryl methyl sites for hydroxylation is 1. The van der Waals surface area contributed by atoms with Crippen LogP contribution >= 0.6 is 23.4 Å².